The molecule has 1 saturated carbocycles. The molecule has 0 aliphatic heterocycles. The Balaban J connectivity index is 2.65. The number of pyridine rings is 1. The number of rotatable bonds is 5. The highest BCUT2D eigenvalue weighted by Crippen LogP contribution is 2.40. The zero-order valence-corrected chi connectivity index (χ0v) is 11.9. The maximum atomic E-state index is 13.4. The fourth-order valence-corrected chi connectivity index (χ4v) is 2.28. The van der Waals surface area contributed by atoms with Gasteiger partial charge < -0.3 is 10.2 Å². The maximum absolute atomic E-state index is 13.4. The lowest BCUT2D eigenvalue weighted by atomic mass is 9.96. The summed E-state index contributed by atoms with van der Waals surface area (Å²) in [5, 5.41) is 18.1. The molecule has 112 valence electrons. The van der Waals surface area contributed by atoms with Gasteiger partial charge in [-0.25, -0.2) is 14.0 Å². The lowest BCUT2D eigenvalue weighted by Gasteiger charge is -2.13. The number of carboxylic acids is 2. The molecule has 2 rings (SSSR count). The Hall–Kier alpha value is -1.95. The highest BCUT2D eigenvalue weighted by atomic mass is 35.5. The van der Waals surface area contributed by atoms with Crippen LogP contribution in [-0.2, 0) is 9.59 Å². The number of aliphatic carboxylic acids is 2. The molecule has 5 nitrogen and oxygen atoms in total. The van der Waals surface area contributed by atoms with E-state index in [4.69, 9.17) is 21.8 Å². The zero-order valence-electron chi connectivity index (χ0n) is 11.2. The van der Waals surface area contributed by atoms with Crippen LogP contribution < -0.4 is 0 Å². The first kappa shape index (κ1) is 15.4. The molecule has 1 aromatic heterocycles. The van der Waals surface area contributed by atoms with Gasteiger partial charge in [-0.3, -0.25) is 4.98 Å². The van der Waals surface area contributed by atoms with Gasteiger partial charge in [-0.05, 0) is 37.7 Å². The summed E-state index contributed by atoms with van der Waals surface area (Å²) in [6.45, 7) is 1.49. The van der Waals surface area contributed by atoms with Crippen LogP contribution in [0.15, 0.2) is 11.8 Å². The van der Waals surface area contributed by atoms with Gasteiger partial charge in [0.15, 0.2) is 5.82 Å². The normalized spacial score (nSPS) is 13.9. The number of allylic oxidation sites excluding steroid dienone is 1. The molecule has 1 aromatic rings. The van der Waals surface area contributed by atoms with E-state index in [1.165, 1.54) is 6.92 Å². The Bertz CT molecular complexity index is 637. The first-order valence-corrected chi connectivity index (χ1v) is 6.71. The number of halogens is 2. The van der Waals surface area contributed by atoms with E-state index in [1.807, 2.05) is 0 Å². The SMILES string of the molecule is Cc1c(C(CC2CC2)=C(C(=O)O)C(=O)O)ncc(F)c1Cl. The summed E-state index contributed by atoms with van der Waals surface area (Å²) >= 11 is 5.81. The fourth-order valence-electron chi connectivity index (χ4n) is 2.14. The fraction of sp³-hybridized carbons (Fsp3) is 0.357. The summed E-state index contributed by atoms with van der Waals surface area (Å²) in [6, 6.07) is 0. The van der Waals surface area contributed by atoms with Gasteiger partial charge in [-0.15, -0.1) is 0 Å². The second-order valence-electron chi connectivity index (χ2n) is 5.01. The van der Waals surface area contributed by atoms with Gasteiger partial charge in [0.2, 0.25) is 0 Å². The van der Waals surface area contributed by atoms with Crippen molar-refractivity contribution in [3.8, 4) is 0 Å². The van der Waals surface area contributed by atoms with Gasteiger partial charge in [-0.2, -0.15) is 0 Å². The Kier molecular flexibility index (Phi) is 4.27. The van der Waals surface area contributed by atoms with Crippen molar-refractivity contribution >= 4 is 29.1 Å². The van der Waals surface area contributed by atoms with Crippen molar-refractivity contribution in [3.63, 3.8) is 0 Å². The Labute approximate surface area is 125 Å². The average molecular weight is 314 g/mol. The third kappa shape index (κ3) is 3.21. The summed E-state index contributed by atoms with van der Waals surface area (Å²) in [6.07, 6.45) is 2.97. The van der Waals surface area contributed by atoms with Crippen LogP contribution in [0.5, 0.6) is 0 Å². The summed E-state index contributed by atoms with van der Waals surface area (Å²) in [5.41, 5.74) is -0.266. The number of aromatic nitrogens is 1. The molecule has 0 amide bonds. The summed E-state index contributed by atoms with van der Waals surface area (Å²) in [5.74, 6) is -3.57. The molecule has 21 heavy (non-hydrogen) atoms. The Morgan fingerprint density at radius 1 is 1.38 bits per heavy atom. The standard InChI is InChI=1S/C14H13ClFNO4/c1-6-11(15)9(16)5-17-12(6)8(4-7-2-3-7)10(13(18)19)14(20)21/h5,7H,2-4H2,1H3,(H,18,19)(H,20,21). The molecule has 0 spiro atoms. The van der Waals surface area contributed by atoms with Gasteiger partial charge in [0, 0.05) is 5.57 Å². The predicted octanol–water partition coefficient (Wildman–Crippen LogP) is 2.91. The van der Waals surface area contributed by atoms with Crippen LogP contribution in [-0.4, -0.2) is 27.1 Å². The van der Waals surface area contributed by atoms with Crippen molar-refractivity contribution < 1.29 is 24.2 Å². The number of carboxylic acid groups (broad SMARTS) is 2. The van der Waals surface area contributed by atoms with E-state index >= 15 is 0 Å². The second kappa shape index (κ2) is 5.81. The molecule has 1 aliphatic rings. The number of hydrogen-bond acceptors (Lipinski definition) is 3. The average Bonchev–Trinajstić information content (AvgIpc) is 3.18. The first-order valence-electron chi connectivity index (χ1n) is 6.33. The van der Waals surface area contributed by atoms with Crippen molar-refractivity contribution in [2.24, 2.45) is 5.92 Å². The Morgan fingerprint density at radius 2 is 1.95 bits per heavy atom. The number of carbonyl (C=O) groups is 2. The van der Waals surface area contributed by atoms with Crippen LogP contribution in [0, 0.1) is 18.7 Å². The van der Waals surface area contributed by atoms with Gasteiger partial charge in [0.25, 0.3) is 0 Å². The van der Waals surface area contributed by atoms with Crippen molar-refractivity contribution in [3.05, 3.63) is 33.9 Å². The van der Waals surface area contributed by atoms with Gasteiger partial charge in [0.1, 0.15) is 5.57 Å². The third-order valence-corrected chi connectivity index (χ3v) is 3.87. The monoisotopic (exact) mass is 313 g/mol. The lowest BCUT2D eigenvalue weighted by Crippen LogP contribution is -2.15. The number of hydrogen-bond donors (Lipinski definition) is 2. The molecule has 0 bridgehead atoms. The van der Waals surface area contributed by atoms with Crippen LogP contribution >= 0.6 is 11.6 Å². The van der Waals surface area contributed by atoms with E-state index in [-0.39, 0.29) is 34.2 Å². The minimum Gasteiger partial charge on any atom is -0.477 e. The molecule has 0 unspecified atom stereocenters. The van der Waals surface area contributed by atoms with Gasteiger partial charge in [0.05, 0.1) is 16.9 Å². The minimum atomic E-state index is -1.54. The third-order valence-electron chi connectivity index (χ3n) is 3.41. The van der Waals surface area contributed by atoms with Crippen LogP contribution in [0.2, 0.25) is 5.02 Å². The smallest absolute Gasteiger partial charge is 0.343 e. The van der Waals surface area contributed by atoms with E-state index in [0.29, 0.717) is 0 Å². The molecule has 7 heteroatoms. The lowest BCUT2D eigenvalue weighted by molar-refractivity contribution is -0.140. The van der Waals surface area contributed by atoms with Crippen molar-refractivity contribution in [1.29, 1.82) is 0 Å². The quantitative estimate of drug-likeness (QED) is 0.496. The van der Waals surface area contributed by atoms with Gasteiger partial charge in [-0.1, -0.05) is 11.6 Å². The largest absolute Gasteiger partial charge is 0.477 e. The van der Waals surface area contributed by atoms with Crippen molar-refractivity contribution in [2.45, 2.75) is 26.2 Å². The summed E-state index contributed by atoms with van der Waals surface area (Å²) < 4.78 is 13.4. The highest BCUT2D eigenvalue weighted by Gasteiger charge is 2.31. The van der Waals surface area contributed by atoms with Crippen LogP contribution in [0.1, 0.15) is 30.5 Å². The molecule has 1 fully saturated rings. The van der Waals surface area contributed by atoms with E-state index in [1.54, 1.807) is 0 Å². The van der Waals surface area contributed by atoms with Crippen molar-refractivity contribution in [2.75, 3.05) is 0 Å². The molecule has 2 N–H and O–H groups in total. The first-order chi connectivity index (χ1) is 9.82. The van der Waals surface area contributed by atoms with Gasteiger partial charge >= 0.3 is 11.9 Å². The van der Waals surface area contributed by atoms with E-state index < -0.39 is 23.3 Å². The molecule has 0 saturated heterocycles. The zero-order chi connectivity index (χ0) is 15.7. The van der Waals surface area contributed by atoms with E-state index in [9.17, 15) is 14.0 Å². The maximum Gasteiger partial charge on any atom is 0.343 e. The van der Waals surface area contributed by atoms with Crippen LogP contribution in [0.4, 0.5) is 4.39 Å². The topological polar surface area (TPSA) is 87.5 Å². The Morgan fingerprint density at radius 3 is 2.43 bits per heavy atom. The molecule has 0 aromatic carbocycles. The van der Waals surface area contributed by atoms with E-state index in [2.05, 4.69) is 4.98 Å². The molecule has 0 atom stereocenters. The van der Waals surface area contributed by atoms with E-state index in [0.717, 1.165) is 19.0 Å². The number of nitrogens with zero attached hydrogens (tertiary/aromatic N) is 1. The molecular weight excluding hydrogens is 301 g/mol. The van der Waals surface area contributed by atoms with Crippen molar-refractivity contribution in [1.82, 2.24) is 4.98 Å². The molecular formula is C14H13ClFNO4. The predicted molar refractivity (Wildman–Crippen MR) is 73.5 cm³/mol. The second-order valence-corrected chi connectivity index (χ2v) is 5.38. The summed E-state index contributed by atoms with van der Waals surface area (Å²) in [7, 11) is 0. The highest BCUT2D eigenvalue weighted by molar-refractivity contribution is 6.31. The molecule has 1 heterocycles. The molecule has 1 aliphatic carbocycles. The summed E-state index contributed by atoms with van der Waals surface area (Å²) in [4.78, 5) is 26.4. The minimum absolute atomic E-state index is 0.0944. The van der Waals surface area contributed by atoms with Crippen LogP contribution in [0.25, 0.3) is 5.57 Å². The molecule has 0 radical (unpaired) electrons. The van der Waals surface area contributed by atoms with Crippen LogP contribution in [0.3, 0.4) is 0 Å².